The van der Waals surface area contributed by atoms with Crippen LogP contribution in [-0.2, 0) is 11.2 Å². The van der Waals surface area contributed by atoms with Gasteiger partial charge in [0, 0.05) is 23.5 Å². The van der Waals surface area contributed by atoms with Gasteiger partial charge in [0.15, 0.2) is 0 Å². The van der Waals surface area contributed by atoms with E-state index in [9.17, 15) is 0 Å². The number of benzene rings is 1. The normalized spacial score (nSPS) is 35.4. The summed E-state index contributed by atoms with van der Waals surface area (Å²) in [4.78, 5) is 0. The van der Waals surface area contributed by atoms with Crippen molar-refractivity contribution in [3.63, 3.8) is 0 Å². The average Bonchev–Trinajstić information content (AvgIpc) is 3.09. The fourth-order valence-corrected chi connectivity index (χ4v) is 3.95. The van der Waals surface area contributed by atoms with Crippen molar-refractivity contribution in [2.45, 2.75) is 50.0 Å². The zero-order chi connectivity index (χ0) is 12.8. The fourth-order valence-electron chi connectivity index (χ4n) is 3.54. The molecule has 2 saturated heterocycles. The fraction of sp³-hybridized carbons (Fsp3) is 0.600. The molecular weight excluding hydrogens is 306 g/mol. The molecule has 2 fully saturated rings. The average molecular weight is 324 g/mol. The number of fused-ring (bicyclic) bond motifs is 3. The molecule has 19 heavy (non-hydrogen) atoms. The van der Waals surface area contributed by atoms with Gasteiger partial charge in [-0.25, -0.2) is 0 Å². The van der Waals surface area contributed by atoms with Gasteiger partial charge in [0.1, 0.15) is 11.9 Å². The lowest BCUT2D eigenvalue weighted by atomic mass is 9.95. The van der Waals surface area contributed by atoms with Crippen molar-refractivity contribution in [3.8, 4) is 5.75 Å². The number of hydrogen-bond acceptors (Lipinski definition) is 3. The van der Waals surface area contributed by atoms with Crippen molar-refractivity contribution >= 4 is 15.9 Å². The highest BCUT2D eigenvalue weighted by Gasteiger charge is 2.40. The molecule has 4 atom stereocenters. The van der Waals surface area contributed by atoms with Crippen molar-refractivity contribution in [2.24, 2.45) is 0 Å². The minimum atomic E-state index is 0.267. The van der Waals surface area contributed by atoms with Gasteiger partial charge >= 0.3 is 0 Å². The van der Waals surface area contributed by atoms with E-state index in [1.165, 1.54) is 24.8 Å². The molecule has 1 aromatic carbocycles. The Kier molecular flexibility index (Phi) is 3.05. The smallest absolute Gasteiger partial charge is 0.123 e. The van der Waals surface area contributed by atoms with E-state index in [1.54, 1.807) is 0 Å². The highest BCUT2D eigenvalue weighted by Crippen LogP contribution is 2.35. The molecule has 0 aliphatic carbocycles. The topological polar surface area (TPSA) is 30.5 Å². The summed E-state index contributed by atoms with van der Waals surface area (Å²) in [5, 5.41) is 3.64. The third kappa shape index (κ3) is 2.30. The van der Waals surface area contributed by atoms with Gasteiger partial charge in [0.05, 0.1) is 12.2 Å². The number of nitrogens with one attached hydrogen (secondary N) is 1. The van der Waals surface area contributed by atoms with E-state index in [2.05, 4.69) is 33.4 Å². The minimum absolute atomic E-state index is 0.267. The summed E-state index contributed by atoms with van der Waals surface area (Å²) < 4.78 is 13.0. The molecule has 3 heterocycles. The first kappa shape index (κ1) is 12.2. The molecule has 4 unspecified atom stereocenters. The van der Waals surface area contributed by atoms with Crippen LogP contribution in [0, 0.1) is 0 Å². The summed E-state index contributed by atoms with van der Waals surface area (Å²) in [6.45, 7) is 0.920. The van der Waals surface area contributed by atoms with E-state index in [4.69, 9.17) is 9.47 Å². The van der Waals surface area contributed by atoms with Gasteiger partial charge in [-0.05, 0) is 43.0 Å². The molecule has 1 aromatic rings. The van der Waals surface area contributed by atoms with E-state index in [0.717, 1.165) is 23.2 Å². The first-order chi connectivity index (χ1) is 9.28. The maximum atomic E-state index is 5.98. The van der Waals surface area contributed by atoms with Crippen LogP contribution in [0.15, 0.2) is 22.7 Å². The maximum absolute atomic E-state index is 5.98. The summed E-state index contributed by atoms with van der Waals surface area (Å²) in [5.41, 5.74) is 1.31. The molecule has 4 heteroatoms. The summed E-state index contributed by atoms with van der Waals surface area (Å²) in [6, 6.07) is 6.80. The number of halogens is 1. The van der Waals surface area contributed by atoms with Crippen LogP contribution in [0.3, 0.4) is 0 Å². The molecule has 0 amide bonds. The van der Waals surface area contributed by atoms with Crippen LogP contribution < -0.4 is 10.1 Å². The first-order valence-corrected chi connectivity index (χ1v) is 7.91. The van der Waals surface area contributed by atoms with Crippen LogP contribution in [0.1, 0.15) is 24.8 Å². The third-order valence-corrected chi connectivity index (χ3v) is 4.97. The van der Waals surface area contributed by atoms with Gasteiger partial charge in [-0.1, -0.05) is 15.9 Å². The zero-order valence-electron chi connectivity index (χ0n) is 10.8. The van der Waals surface area contributed by atoms with E-state index in [1.807, 2.05) is 6.07 Å². The van der Waals surface area contributed by atoms with Gasteiger partial charge in [0.25, 0.3) is 0 Å². The van der Waals surface area contributed by atoms with E-state index < -0.39 is 0 Å². The molecule has 0 saturated carbocycles. The lowest BCUT2D eigenvalue weighted by molar-refractivity contribution is 0.0958. The van der Waals surface area contributed by atoms with E-state index >= 15 is 0 Å². The Morgan fingerprint density at radius 3 is 3.05 bits per heavy atom. The van der Waals surface area contributed by atoms with Crippen LogP contribution in [0.5, 0.6) is 5.75 Å². The largest absolute Gasteiger partial charge is 0.488 e. The van der Waals surface area contributed by atoms with Crippen LogP contribution in [-0.4, -0.2) is 30.9 Å². The second kappa shape index (κ2) is 4.76. The highest BCUT2D eigenvalue weighted by atomic mass is 79.9. The number of ether oxygens (including phenoxy) is 2. The second-order valence-corrected chi connectivity index (χ2v) is 6.74. The van der Waals surface area contributed by atoms with Crippen LogP contribution in [0.4, 0.5) is 0 Å². The molecule has 102 valence electrons. The Morgan fingerprint density at radius 2 is 2.26 bits per heavy atom. The molecule has 3 aliphatic heterocycles. The quantitative estimate of drug-likeness (QED) is 0.927. The van der Waals surface area contributed by atoms with Crippen molar-refractivity contribution in [1.82, 2.24) is 5.32 Å². The Labute approximate surface area is 121 Å². The Hall–Kier alpha value is -0.580. The summed E-state index contributed by atoms with van der Waals surface area (Å²) in [6.07, 6.45) is 5.88. The van der Waals surface area contributed by atoms with Gasteiger partial charge in [-0.2, -0.15) is 0 Å². The van der Waals surface area contributed by atoms with Gasteiger partial charge in [-0.15, -0.1) is 0 Å². The molecular formula is C15H18BrNO2. The molecule has 3 aliphatic rings. The SMILES string of the molecule is Brc1ccc2c(c1)CC(CNC1CC3CCC1O3)O2. The van der Waals surface area contributed by atoms with Crippen LogP contribution in [0.25, 0.3) is 0 Å². The first-order valence-electron chi connectivity index (χ1n) is 7.12. The van der Waals surface area contributed by atoms with Crippen molar-refractivity contribution in [3.05, 3.63) is 28.2 Å². The van der Waals surface area contributed by atoms with Crippen molar-refractivity contribution < 1.29 is 9.47 Å². The predicted molar refractivity (Wildman–Crippen MR) is 76.6 cm³/mol. The Bertz CT molecular complexity index is 493. The Morgan fingerprint density at radius 1 is 1.32 bits per heavy atom. The van der Waals surface area contributed by atoms with Gasteiger partial charge in [-0.3, -0.25) is 0 Å². The lowest BCUT2D eigenvalue weighted by Crippen LogP contribution is -2.42. The minimum Gasteiger partial charge on any atom is -0.488 e. The Balaban J connectivity index is 1.34. The van der Waals surface area contributed by atoms with E-state index in [-0.39, 0.29) is 6.10 Å². The highest BCUT2D eigenvalue weighted by molar-refractivity contribution is 9.10. The summed E-state index contributed by atoms with van der Waals surface area (Å²) in [5.74, 6) is 1.04. The number of rotatable bonds is 3. The zero-order valence-corrected chi connectivity index (χ0v) is 12.4. The molecule has 0 radical (unpaired) electrons. The molecule has 2 bridgehead atoms. The standard InChI is InChI=1S/C15H18BrNO2/c16-10-1-3-14-9(5-10)6-12(19-14)8-17-13-7-11-2-4-15(13)18-11/h1,3,5,11-13,15,17H,2,4,6-8H2. The van der Waals surface area contributed by atoms with Gasteiger partial charge < -0.3 is 14.8 Å². The molecule has 0 aromatic heterocycles. The summed E-state index contributed by atoms with van der Waals surface area (Å²) >= 11 is 3.51. The molecule has 4 rings (SSSR count). The third-order valence-electron chi connectivity index (χ3n) is 4.48. The van der Waals surface area contributed by atoms with E-state index in [0.29, 0.717) is 18.2 Å². The molecule has 3 nitrogen and oxygen atoms in total. The second-order valence-electron chi connectivity index (χ2n) is 5.82. The van der Waals surface area contributed by atoms with Crippen LogP contribution in [0.2, 0.25) is 0 Å². The maximum Gasteiger partial charge on any atom is 0.123 e. The molecule has 0 spiro atoms. The van der Waals surface area contributed by atoms with Crippen LogP contribution >= 0.6 is 15.9 Å². The predicted octanol–water partition coefficient (Wildman–Crippen LogP) is 2.66. The number of hydrogen-bond donors (Lipinski definition) is 1. The monoisotopic (exact) mass is 323 g/mol. The lowest BCUT2D eigenvalue weighted by Gasteiger charge is -2.22. The summed E-state index contributed by atoms with van der Waals surface area (Å²) in [7, 11) is 0. The molecule has 1 N–H and O–H groups in total. The van der Waals surface area contributed by atoms with Crippen molar-refractivity contribution in [2.75, 3.05) is 6.54 Å². The van der Waals surface area contributed by atoms with Crippen molar-refractivity contribution in [1.29, 1.82) is 0 Å². The van der Waals surface area contributed by atoms with Gasteiger partial charge in [0.2, 0.25) is 0 Å².